The second kappa shape index (κ2) is 8.90. The normalized spacial score (nSPS) is 29.1. The summed E-state index contributed by atoms with van der Waals surface area (Å²) in [6.45, 7) is 3.14. The van der Waals surface area contributed by atoms with Gasteiger partial charge in [-0.3, -0.25) is 4.79 Å². The summed E-state index contributed by atoms with van der Waals surface area (Å²) in [5.74, 6) is 0.262. The van der Waals surface area contributed by atoms with Crippen LogP contribution in [0.25, 0.3) is 0 Å². The maximum Gasteiger partial charge on any atom is 0.229 e. The summed E-state index contributed by atoms with van der Waals surface area (Å²) in [6.07, 6.45) is 8.79. The first-order valence-electron chi connectivity index (χ1n) is 12.0. The predicted octanol–water partition coefficient (Wildman–Crippen LogP) is 1.18. The minimum absolute atomic E-state index is 0.0321. The van der Waals surface area contributed by atoms with E-state index in [9.17, 15) is 14.3 Å². The Morgan fingerprint density at radius 1 is 1.25 bits per heavy atom. The molecule has 0 spiro atoms. The molecule has 4 heterocycles. The average Bonchev–Trinajstić information content (AvgIpc) is 3.29. The molecule has 0 radical (unpaired) electrons. The van der Waals surface area contributed by atoms with Crippen LogP contribution in [0.15, 0.2) is 30.5 Å². The molecule has 4 fully saturated rings. The van der Waals surface area contributed by atoms with Crippen LogP contribution >= 0.6 is 0 Å². The van der Waals surface area contributed by atoms with E-state index in [-0.39, 0.29) is 17.6 Å². The van der Waals surface area contributed by atoms with Crippen molar-refractivity contribution in [3.63, 3.8) is 0 Å². The first-order chi connectivity index (χ1) is 15.5. The van der Waals surface area contributed by atoms with Crippen LogP contribution in [0.3, 0.4) is 0 Å². The zero-order valence-electron chi connectivity index (χ0n) is 18.5. The molecule has 1 amide bonds. The zero-order valence-corrected chi connectivity index (χ0v) is 18.5. The molecule has 1 unspecified atom stereocenters. The number of hydrogen-bond acceptors (Lipinski definition) is 4. The Hall–Kier alpha value is -2.32. The van der Waals surface area contributed by atoms with Gasteiger partial charge in [-0.25, -0.2) is 9.07 Å². The number of hydrogen-bond donors (Lipinski definition) is 3. The summed E-state index contributed by atoms with van der Waals surface area (Å²) < 4.78 is 15.0. The average molecular weight is 443 g/mol. The zero-order chi connectivity index (χ0) is 22.1. The Morgan fingerprint density at radius 2 is 2.03 bits per heavy atom. The van der Waals surface area contributed by atoms with E-state index in [2.05, 4.69) is 15.6 Å². The highest BCUT2D eigenvalue weighted by molar-refractivity contribution is 5.79. The topological polar surface area (TPSA) is 84.5 Å². The van der Waals surface area contributed by atoms with Gasteiger partial charge in [0.25, 0.3) is 0 Å². The number of carbonyl (C=O) groups excluding carboxylic acids is 1. The molecule has 4 atom stereocenters. The van der Waals surface area contributed by atoms with Gasteiger partial charge in [-0.2, -0.15) is 0 Å². The third-order valence-electron chi connectivity index (χ3n) is 7.87. The molecule has 2 bridgehead atoms. The number of halogens is 1. The number of fused-ring (bicyclic) bond motifs is 3. The molecule has 3 saturated heterocycles. The largest absolute Gasteiger partial charge is 0.383 e. The number of quaternary nitrogens is 1. The van der Waals surface area contributed by atoms with Crippen molar-refractivity contribution in [1.29, 1.82) is 0 Å². The van der Waals surface area contributed by atoms with Crippen molar-refractivity contribution in [2.75, 3.05) is 13.1 Å². The number of aliphatic hydroxyl groups is 1. The molecule has 1 saturated carbocycles. The van der Waals surface area contributed by atoms with Crippen molar-refractivity contribution in [3.8, 4) is 0 Å². The summed E-state index contributed by atoms with van der Waals surface area (Å²) in [6, 6.07) is 6.69. The van der Waals surface area contributed by atoms with Gasteiger partial charge < -0.3 is 15.3 Å². The van der Waals surface area contributed by atoms with E-state index < -0.39 is 5.60 Å². The summed E-state index contributed by atoms with van der Waals surface area (Å²) in [7, 11) is 0. The lowest BCUT2D eigenvalue weighted by molar-refractivity contribution is -0.945. The number of benzene rings is 1. The van der Waals surface area contributed by atoms with Crippen LogP contribution in [0.2, 0.25) is 0 Å². The fourth-order valence-electron chi connectivity index (χ4n) is 5.96. The van der Waals surface area contributed by atoms with E-state index >= 15 is 0 Å². The van der Waals surface area contributed by atoms with Crippen LogP contribution < -0.4 is 10.2 Å². The predicted molar refractivity (Wildman–Crippen MR) is 116 cm³/mol. The van der Waals surface area contributed by atoms with E-state index in [1.54, 1.807) is 12.1 Å². The van der Waals surface area contributed by atoms with Crippen molar-refractivity contribution < 1.29 is 19.2 Å². The van der Waals surface area contributed by atoms with E-state index in [1.165, 1.54) is 23.5 Å². The Morgan fingerprint density at radius 3 is 2.75 bits per heavy atom. The van der Waals surface area contributed by atoms with Crippen molar-refractivity contribution in [3.05, 3.63) is 47.5 Å². The number of carbonyl (C=O) groups is 1. The van der Waals surface area contributed by atoms with Crippen molar-refractivity contribution in [2.24, 2.45) is 11.8 Å². The van der Waals surface area contributed by atoms with Crippen molar-refractivity contribution in [1.82, 2.24) is 20.3 Å². The highest BCUT2D eigenvalue weighted by Crippen LogP contribution is 2.35. The van der Waals surface area contributed by atoms with Crippen LogP contribution in [0.1, 0.15) is 56.2 Å². The highest BCUT2D eigenvalue weighted by atomic mass is 19.1. The molecular weight excluding hydrogens is 409 g/mol. The van der Waals surface area contributed by atoms with Crippen LogP contribution in [0.4, 0.5) is 4.39 Å². The molecule has 8 heteroatoms. The lowest BCUT2D eigenvalue weighted by atomic mass is 9.75. The maximum atomic E-state index is 13.1. The van der Waals surface area contributed by atoms with Gasteiger partial charge in [0.1, 0.15) is 23.2 Å². The molecule has 1 aromatic carbocycles. The smallest absolute Gasteiger partial charge is 0.229 e. The second-order valence-corrected chi connectivity index (χ2v) is 9.96. The van der Waals surface area contributed by atoms with Gasteiger partial charge in [-0.05, 0) is 36.5 Å². The maximum absolute atomic E-state index is 13.1. The van der Waals surface area contributed by atoms with Gasteiger partial charge in [0.05, 0.1) is 31.7 Å². The monoisotopic (exact) mass is 442 g/mol. The number of nitrogens with zero attached hydrogens (tertiary/aromatic N) is 3. The number of aromatic nitrogens is 3. The molecule has 2 aromatic rings. The summed E-state index contributed by atoms with van der Waals surface area (Å²) in [5.41, 5.74) is 0.803. The minimum atomic E-state index is -0.817. The molecular formula is C24H33FN5O2+. The molecule has 1 aliphatic carbocycles. The summed E-state index contributed by atoms with van der Waals surface area (Å²) >= 11 is 0. The third kappa shape index (κ3) is 4.43. The summed E-state index contributed by atoms with van der Waals surface area (Å²) in [4.78, 5) is 14.3. The van der Waals surface area contributed by atoms with E-state index in [0.717, 1.165) is 63.7 Å². The lowest BCUT2D eigenvalue weighted by Gasteiger charge is -2.46. The molecule has 6 rings (SSSR count). The Balaban J connectivity index is 1.16. The van der Waals surface area contributed by atoms with Gasteiger partial charge in [0.2, 0.25) is 5.91 Å². The standard InChI is InChI=1S/C24H32FN5O2/c25-19-6-4-17(5-7-19)13-26-23(31)21-15-29-11-8-18(21)12-20(29)14-30-16-22(27-28-30)24(32)9-2-1-3-10-24/h4-7,16,18,20-21,32H,1-3,8-15H2,(H,26,31)/p+1/t18-,20+,21-/m0/s1. The Bertz CT molecular complexity index is 940. The van der Waals surface area contributed by atoms with Crippen LogP contribution in [-0.4, -0.2) is 45.1 Å². The number of piperidine rings is 3. The lowest BCUT2D eigenvalue weighted by Crippen LogP contribution is -3.20. The van der Waals surface area contributed by atoms with Gasteiger partial charge >= 0.3 is 0 Å². The number of rotatable bonds is 6. The first-order valence-corrected chi connectivity index (χ1v) is 12.0. The van der Waals surface area contributed by atoms with Crippen LogP contribution in [-0.2, 0) is 23.5 Å². The van der Waals surface area contributed by atoms with Crippen molar-refractivity contribution in [2.45, 2.75) is 69.7 Å². The van der Waals surface area contributed by atoms with Gasteiger partial charge in [0.15, 0.2) is 0 Å². The molecule has 32 heavy (non-hydrogen) atoms. The van der Waals surface area contributed by atoms with Crippen molar-refractivity contribution >= 4 is 5.91 Å². The summed E-state index contributed by atoms with van der Waals surface area (Å²) in [5, 5.41) is 22.6. The Kier molecular flexibility index (Phi) is 5.99. The highest BCUT2D eigenvalue weighted by Gasteiger charge is 2.46. The second-order valence-electron chi connectivity index (χ2n) is 9.96. The van der Waals surface area contributed by atoms with Crippen LogP contribution in [0.5, 0.6) is 0 Å². The van der Waals surface area contributed by atoms with Gasteiger partial charge in [0, 0.05) is 19.4 Å². The number of nitrogens with one attached hydrogen (secondary N) is 2. The molecule has 4 aliphatic rings. The van der Waals surface area contributed by atoms with E-state index in [4.69, 9.17) is 0 Å². The van der Waals surface area contributed by atoms with E-state index in [1.807, 2.05) is 10.9 Å². The quantitative estimate of drug-likeness (QED) is 0.627. The van der Waals surface area contributed by atoms with Gasteiger partial charge in [-0.15, -0.1) is 5.10 Å². The minimum Gasteiger partial charge on any atom is -0.383 e. The number of amides is 1. The molecule has 7 nitrogen and oxygen atoms in total. The third-order valence-corrected chi connectivity index (χ3v) is 7.87. The van der Waals surface area contributed by atoms with Gasteiger partial charge in [-0.1, -0.05) is 36.6 Å². The fourth-order valence-corrected chi connectivity index (χ4v) is 5.96. The Labute approximate surface area is 188 Å². The molecule has 172 valence electrons. The molecule has 3 aliphatic heterocycles. The SMILES string of the molecule is O=C(NCc1ccc(F)cc1)[C@H]1C[NH+]2CC[C@H]1C[C@@H]2Cn1cc(C2(O)CCCCC2)nn1. The van der Waals surface area contributed by atoms with Crippen LogP contribution in [0, 0.1) is 17.7 Å². The first kappa shape index (κ1) is 21.5. The fraction of sp³-hybridized carbons (Fsp3) is 0.625. The van der Waals surface area contributed by atoms with E-state index in [0.29, 0.717) is 24.2 Å². The molecule has 3 N–H and O–H groups in total. The molecule has 1 aromatic heterocycles.